The van der Waals surface area contributed by atoms with Gasteiger partial charge in [-0.05, 0) is 48.7 Å². The minimum Gasteiger partial charge on any atom is -0.487 e. The fourth-order valence-electron chi connectivity index (χ4n) is 4.00. The number of rotatable bonds is 11. The van der Waals surface area contributed by atoms with Crippen LogP contribution >= 0.6 is 34.8 Å². The minimum atomic E-state index is -2.77. The van der Waals surface area contributed by atoms with Crippen LogP contribution in [0.15, 0.2) is 48.9 Å². The Morgan fingerprint density at radius 3 is 2.36 bits per heavy atom. The first-order chi connectivity index (χ1) is 20.5. The number of amides is 2. The summed E-state index contributed by atoms with van der Waals surface area (Å²) in [4.78, 5) is 31.4. The van der Waals surface area contributed by atoms with Crippen LogP contribution in [0.2, 0.25) is 15.1 Å². The first kappa shape index (κ1) is 34.9. The van der Waals surface area contributed by atoms with E-state index in [0.29, 0.717) is 43.9 Å². The molecule has 13 heteroatoms. The van der Waals surface area contributed by atoms with Crippen molar-refractivity contribution >= 4 is 63.8 Å². The fourth-order valence-corrected chi connectivity index (χ4v) is 4.74. The summed E-state index contributed by atoms with van der Waals surface area (Å²) in [6.45, 7) is 12.2. The standard InChI is InChI=1S/C31H34Cl3F2N5O3/c1-16-11-21(29(42)40-28-17(2)10-20(32)14-37-28)24(44-15-25(35)36)12-23(16)41(7)18(3)39-27-22(33)9-8-19(26(27)34)13-38-30(43)31(4,5)6/h8-12,14,25,39H,3,13,15H2,1-2,4-7H3,(H,38,43)(H,37,40,42). The number of pyridine rings is 1. The summed E-state index contributed by atoms with van der Waals surface area (Å²) in [5.74, 6) is -0.215. The number of carbonyl (C=O) groups is 2. The normalized spacial score (nSPS) is 11.3. The molecule has 0 aliphatic carbocycles. The number of anilines is 3. The van der Waals surface area contributed by atoms with Gasteiger partial charge < -0.3 is 25.6 Å². The number of benzene rings is 2. The zero-order valence-corrected chi connectivity index (χ0v) is 27.4. The van der Waals surface area contributed by atoms with Gasteiger partial charge in [-0.3, -0.25) is 9.59 Å². The van der Waals surface area contributed by atoms with Gasteiger partial charge in [0.2, 0.25) is 5.91 Å². The smallest absolute Gasteiger partial charge is 0.272 e. The topological polar surface area (TPSA) is 95.6 Å². The Bertz CT molecular complexity index is 1580. The average molecular weight is 669 g/mol. The number of ether oxygens (including phenoxy) is 1. The molecule has 3 N–H and O–H groups in total. The molecule has 0 unspecified atom stereocenters. The maximum atomic E-state index is 13.2. The predicted octanol–water partition coefficient (Wildman–Crippen LogP) is 8.24. The Labute approximate surface area is 270 Å². The van der Waals surface area contributed by atoms with Gasteiger partial charge >= 0.3 is 0 Å². The van der Waals surface area contributed by atoms with E-state index in [4.69, 9.17) is 39.5 Å². The highest BCUT2D eigenvalue weighted by Crippen LogP contribution is 2.37. The summed E-state index contributed by atoms with van der Waals surface area (Å²) in [5, 5.41) is 9.65. The molecule has 0 radical (unpaired) electrons. The van der Waals surface area contributed by atoms with Crippen molar-refractivity contribution in [1.29, 1.82) is 0 Å². The summed E-state index contributed by atoms with van der Waals surface area (Å²) in [7, 11) is 1.69. The quantitative estimate of drug-likeness (QED) is 0.191. The average Bonchev–Trinajstić information content (AvgIpc) is 2.94. The van der Waals surface area contributed by atoms with Gasteiger partial charge in [-0.1, -0.05) is 68.2 Å². The van der Waals surface area contributed by atoms with E-state index in [-0.39, 0.29) is 34.6 Å². The SMILES string of the molecule is C=C(Nc1c(Cl)ccc(CNC(=O)C(C)(C)C)c1Cl)N(C)c1cc(OCC(F)F)c(C(=O)Nc2ncc(Cl)cc2C)cc1C. The van der Waals surface area contributed by atoms with Crippen molar-refractivity contribution in [2.24, 2.45) is 5.41 Å². The fraction of sp³-hybridized carbons (Fsp3) is 0.323. The molecule has 236 valence electrons. The summed E-state index contributed by atoms with van der Waals surface area (Å²) in [5.41, 5.74) is 2.19. The van der Waals surface area contributed by atoms with Crippen molar-refractivity contribution in [3.63, 3.8) is 0 Å². The zero-order chi connectivity index (χ0) is 32.9. The van der Waals surface area contributed by atoms with Crippen LogP contribution in [0.5, 0.6) is 5.75 Å². The molecule has 0 saturated heterocycles. The number of aromatic nitrogens is 1. The monoisotopic (exact) mass is 667 g/mol. The van der Waals surface area contributed by atoms with Gasteiger partial charge in [-0.15, -0.1) is 0 Å². The van der Waals surface area contributed by atoms with Crippen LogP contribution in [0.25, 0.3) is 0 Å². The Balaban J connectivity index is 1.89. The van der Waals surface area contributed by atoms with Crippen LogP contribution in [-0.2, 0) is 11.3 Å². The lowest BCUT2D eigenvalue weighted by atomic mass is 9.95. The molecular formula is C31H34Cl3F2N5O3. The number of nitrogens with one attached hydrogen (secondary N) is 3. The number of hydrogen-bond acceptors (Lipinski definition) is 6. The number of halogens is 5. The van der Waals surface area contributed by atoms with Crippen LogP contribution < -0.4 is 25.6 Å². The van der Waals surface area contributed by atoms with Gasteiger partial charge in [-0.2, -0.15) is 0 Å². The predicted molar refractivity (Wildman–Crippen MR) is 174 cm³/mol. The summed E-state index contributed by atoms with van der Waals surface area (Å²) in [6, 6.07) is 8.00. The number of nitrogens with zero attached hydrogens (tertiary/aromatic N) is 2. The second kappa shape index (κ2) is 14.5. The summed E-state index contributed by atoms with van der Waals surface area (Å²) >= 11 is 19.1. The Morgan fingerprint density at radius 2 is 1.75 bits per heavy atom. The zero-order valence-electron chi connectivity index (χ0n) is 25.2. The van der Waals surface area contributed by atoms with Crippen LogP contribution in [0.4, 0.5) is 26.0 Å². The summed E-state index contributed by atoms with van der Waals surface area (Å²) < 4.78 is 31.6. The van der Waals surface area contributed by atoms with E-state index in [0.717, 1.165) is 0 Å². The highest BCUT2D eigenvalue weighted by molar-refractivity contribution is 6.39. The lowest BCUT2D eigenvalue weighted by Gasteiger charge is -2.27. The molecule has 0 saturated carbocycles. The van der Waals surface area contributed by atoms with Crippen LogP contribution in [-0.4, -0.2) is 36.9 Å². The molecule has 0 fully saturated rings. The van der Waals surface area contributed by atoms with Gasteiger partial charge in [0, 0.05) is 37.0 Å². The molecule has 3 rings (SSSR count). The minimum absolute atomic E-state index is 0.0334. The third kappa shape index (κ3) is 8.74. The molecule has 0 aliphatic heterocycles. The lowest BCUT2D eigenvalue weighted by molar-refractivity contribution is -0.128. The third-order valence-electron chi connectivity index (χ3n) is 6.51. The second-order valence-electron chi connectivity index (χ2n) is 11.1. The van der Waals surface area contributed by atoms with Crippen molar-refractivity contribution in [1.82, 2.24) is 10.3 Å². The van der Waals surface area contributed by atoms with Gasteiger partial charge in [0.05, 0.1) is 26.3 Å². The molecule has 0 bridgehead atoms. The molecular weight excluding hydrogens is 635 g/mol. The van der Waals surface area contributed by atoms with Gasteiger partial charge in [0.15, 0.2) is 0 Å². The van der Waals surface area contributed by atoms with Crippen LogP contribution in [0, 0.1) is 19.3 Å². The molecule has 0 aliphatic rings. The molecule has 0 spiro atoms. The molecule has 0 atom stereocenters. The molecule has 2 amide bonds. The molecule has 8 nitrogen and oxygen atoms in total. The van der Waals surface area contributed by atoms with Gasteiger partial charge in [0.1, 0.15) is 24.0 Å². The molecule has 2 aromatic carbocycles. The number of aryl methyl sites for hydroxylation is 2. The van der Waals surface area contributed by atoms with Crippen LogP contribution in [0.3, 0.4) is 0 Å². The Morgan fingerprint density at radius 1 is 1.07 bits per heavy atom. The van der Waals surface area contributed by atoms with E-state index in [1.54, 1.807) is 64.8 Å². The molecule has 3 aromatic rings. The largest absolute Gasteiger partial charge is 0.487 e. The van der Waals surface area contributed by atoms with Crippen LogP contribution in [0.1, 0.15) is 47.8 Å². The molecule has 1 heterocycles. The molecule has 44 heavy (non-hydrogen) atoms. The van der Waals surface area contributed by atoms with E-state index in [2.05, 4.69) is 27.5 Å². The van der Waals surface area contributed by atoms with E-state index < -0.39 is 24.4 Å². The third-order valence-corrected chi connectivity index (χ3v) is 7.47. The highest BCUT2D eigenvalue weighted by Gasteiger charge is 2.23. The number of carbonyl (C=O) groups excluding carboxylic acids is 2. The van der Waals surface area contributed by atoms with Gasteiger partial charge in [0.25, 0.3) is 12.3 Å². The first-order valence-corrected chi connectivity index (χ1v) is 14.6. The maximum Gasteiger partial charge on any atom is 0.272 e. The second-order valence-corrected chi connectivity index (χ2v) is 12.3. The highest BCUT2D eigenvalue weighted by atomic mass is 35.5. The Kier molecular flexibility index (Phi) is 11.5. The lowest BCUT2D eigenvalue weighted by Crippen LogP contribution is -2.34. The maximum absolute atomic E-state index is 13.2. The van der Waals surface area contributed by atoms with Crippen molar-refractivity contribution < 1.29 is 23.1 Å². The van der Waals surface area contributed by atoms with Crippen molar-refractivity contribution in [3.8, 4) is 5.75 Å². The van der Waals surface area contributed by atoms with E-state index >= 15 is 0 Å². The van der Waals surface area contributed by atoms with E-state index in [9.17, 15) is 18.4 Å². The first-order valence-electron chi connectivity index (χ1n) is 13.4. The van der Waals surface area contributed by atoms with E-state index in [1.165, 1.54) is 18.3 Å². The molecule has 1 aromatic heterocycles. The number of hydrogen-bond donors (Lipinski definition) is 3. The summed E-state index contributed by atoms with van der Waals surface area (Å²) in [6.07, 6.45) is -1.38. The van der Waals surface area contributed by atoms with E-state index in [1.807, 2.05) is 0 Å². The van der Waals surface area contributed by atoms with Crippen molar-refractivity contribution in [3.05, 3.63) is 86.3 Å². The van der Waals surface area contributed by atoms with Crippen molar-refractivity contribution in [2.75, 3.05) is 29.2 Å². The van der Waals surface area contributed by atoms with Gasteiger partial charge in [-0.25, -0.2) is 13.8 Å². The number of alkyl halides is 2. The Hall–Kier alpha value is -3.60. The van der Waals surface area contributed by atoms with Crippen molar-refractivity contribution in [2.45, 2.75) is 47.6 Å².